The van der Waals surface area contributed by atoms with Crippen molar-refractivity contribution in [3.05, 3.63) is 42.5 Å². The number of halogens is 2. The lowest BCUT2D eigenvalue weighted by molar-refractivity contribution is -0.121. The van der Waals surface area contributed by atoms with Crippen LogP contribution in [0.15, 0.2) is 30.9 Å². The molecule has 3 nitrogen and oxygen atoms in total. The molecule has 1 rings (SSSR count). The number of carbonyl (C=O) groups is 1. The highest BCUT2D eigenvalue weighted by Gasteiger charge is 2.14. The highest BCUT2D eigenvalue weighted by Crippen LogP contribution is 2.17. The van der Waals surface area contributed by atoms with Gasteiger partial charge in [-0.15, -0.1) is 6.58 Å². The number of hydrogen-bond acceptors (Lipinski definition) is 2. The zero-order valence-corrected chi connectivity index (χ0v) is 9.47. The van der Waals surface area contributed by atoms with Gasteiger partial charge in [-0.25, -0.2) is 8.78 Å². The minimum absolute atomic E-state index is 0.0359. The second kappa shape index (κ2) is 5.98. The van der Waals surface area contributed by atoms with Crippen molar-refractivity contribution in [3.63, 3.8) is 0 Å². The van der Waals surface area contributed by atoms with Crippen LogP contribution < -0.4 is 10.6 Å². The molecule has 92 valence electrons. The highest BCUT2D eigenvalue weighted by molar-refractivity contribution is 5.84. The van der Waals surface area contributed by atoms with Gasteiger partial charge in [-0.1, -0.05) is 12.1 Å². The topological polar surface area (TPSA) is 41.1 Å². The number of nitrogens with one attached hydrogen (secondary N) is 2. The summed E-state index contributed by atoms with van der Waals surface area (Å²) >= 11 is 0. The Bertz CT molecular complexity index is 421. The van der Waals surface area contributed by atoms with Gasteiger partial charge in [-0.2, -0.15) is 0 Å². The molecular formula is C12H14F2N2O. The summed E-state index contributed by atoms with van der Waals surface area (Å²) in [7, 11) is 0. The summed E-state index contributed by atoms with van der Waals surface area (Å²) in [5.74, 6) is -2.25. The molecule has 1 aromatic carbocycles. The third-order valence-corrected chi connectivity index (χ3v) is 2.14. The average molecular weight is 240 g/mol. The molecule has 0 saturated carbocycles. The fourth-order valence-corrected chi connectivity index (χ4v) is 1.24. The van der Waals surface area contributed by atoms with E-state index < -0.39 is 17.7 Å². The molecule has 1 unspecified atom stereocenters. The van der Waals surface area contributed by atoms with Crippen molar-refractivity contribution in [2.75, 3.05) is 11.9 Å². The summed E-state index contributed by atoms with van der Waals surface area (Å²) < 4.78 is 26.2. The van der Waals surface area contributed by atoms with Crippen LogP contribution in [-0.4, -0.2) is 18.5 Å². The molecule has 0 aliphatic heterocycles. The Morgan fingerprint density at radius 1 is 1.53 bits per heavy atom. The van der Waals surface area contributed by atoms with Crippen molar-refractivity contribution >= 4 is 11.6 Å². The number of anilines is 1. The summed E-state index contributed by atoms with van der Waals surface area (Å²) in [4.78, 5) is 11.5. The van der Waals surface area contributed by atoms with Gasteiger partial charge in [0, 0.05) is 6.54 Å². The third-order valence-electron chi connectivity index (χ3n) is 2.14. The van der Waals surface area contributed by atoms with Gasteiger partial charge in [0.25, 0.3) is 0 Å². The Balaban J connectivity index is 2.67. The van der Waals surface area contributed by atoms with Crippen LogP contribution >= 0.6 is 0 Å². The van der Waals surface area contributed by atoms with E-state index in [0.717, 1.165) is 6.07 Å². The van der Waals surface area contributed by atoms with Crippen molar-refractivity contribution in [1.29, 1.82) is 0 Å². The molecule has 0 aliphatic carbocycles. The van der Waals surface area contributed by atoms with Gasteiger partial charge < -0.3 is 10.6 Å². The summed E-state index contributed by atoms with van der Waals surface area (Å²) in [6.07, 6.45) is 1.54. The maximum atomic E-state index is 13.3. The molecule has 0 heterocycles. The quantitative estimate of drug-likeness (QED) is 0.773. The third kappa shape index (κ3) is 3.55. The molecule has 1 amide bonds. The predicted molar refractivity (Wildman–Crippen MR) is 62.6 cm³/mol. The number of amides is 1. The first kappa shape index (κ1) is 13.2. The molecule has 0 saturated heterocycles. The fraction of sp³-hybridized carbons (Fsp3) is 0.250. The normalized spacial score (nSPS) is 11.7. The first-order valence-corrected chi connectivity index (χ1v) is 5.15. The monoisotopic (exact) mass is 240 g/mol. The van der Waals surface area contributed by atoms with Crippen LogP contribution in [0.3, 0.4) is 0 Å². The summed E-state index contributed by atoms with van der Waals surface area (Å²) in [6.45, 7) is 5.35. The summed E-state index contributed by atoms with van der Waals surface area (Å²) in [6, 6.07) is 3.10. The molecular weight excluding hydrogens is 226 g/mol. The van der Waals surface area contributed by atoms with E-state index >= 15 is 0 Å². The predicted octanol–water partition coefficient (Wildman–Crippen LogP) is 2.07. The summed E-state index contributed by atoms with van der Waals surface area (Å²) in [5, 5.41) is 5.15. The second-order valence-electron chi connectivity index (χ2n) is 3.50. The number of hydrogen-bond donors (Lipinski definition) is 2. The lowest BCUT2D eigenvalue weighted by atomic mass is 10.2. The summed E-state index contributed by atoms with van der Waals surface area (Å²) in [5.41, 5.74) is -0.0359. The van der Waals surface area contributed by atoms with Gasteiger partial charge >= 0.3 is 0 Å². The van der Waals surface area contributed by atoms with Crippen molar-refractivity contribution in [2.24, 2.45) is 0 Å². The Labute approximate surface area is 98.5 Å². The van der Waals surface area contributed by atoms with Crippen molar-refractivity contribution < 1.29 is 13.6 Å². The van der Waals surface area contributed by atoms with Crippen LogP contribution in [0.5, 0.6) is 0 Å². The molecule has 2 N–H and O–H groups in total. The minimum atomic E-state index is -0.990. The second-order valence-corrected chi connectivity index (χ2v) is 3.50. The maximum Gasteiger partial charge on any atom is 0.242 e. The Kier molecular flexibility index (Phi) is 4.63. The van der Waals surface area contributed by atoms with Crippen LogP contribution in [0.25, 0.3) is 0 Å². The molecule has 0 aliphatic rings. The largest absolute Gasteiger partial charge is 0.371 e. The number of carbonyl (C=O) groups excluding carboxylic acids is 1. The van der Waals surface area contributed by atoms with Gasteiger partial charge in [-0.3, -0.25) is 4.79 Å². The van der Waals surface area contributed by atoms with Gasteiger partial charge in [0.15, 0.2) is 11.6 Å². The first-order chi connectivity index (χ1) is 8.06. The number of rotatable bonds is 5. The molecule has 17 heavy (non-hydrogen) atoms. The molecule has 0 radical (unpaired) electrons. The SMILES string of the molecule is C=CCNC(=O)C(C)Nc1cccc(F)c1F. The van der Waals surface area contributed by atoms with E-state index in [4.69, 9.17) is 0 Å². The van der Waals surface area contributed by atoms with E-state index in [2.05, 4.69) is 17.2 Å². The van der Waals surface area contributed by atoms with E-state index in [1.807, 2.05) is 0 Å². The van der Waals surface area contributed by atoms with Crippen molar-refractivity contribution in [3.8, 4) is 0 Å². The maximum absolute atomic E-state index is 13.3. The van der Waals surface area contributed by atoms with Gasteiger partial charge in [0.05, 0.1) is 5.69 Å². The first-order valence-electron chi connectivity index (χ1n) is 5.15. The van der Waals surface area contributed by atoms with E-state index in [0.29, 0.717) is 6.54 Å². The smallest absolute Gasteiger partial charge is 0.242 e. The zero-order valence-electron chi connectivity index (χ0n) is 9.47. The van der Waals surface area contributed by atoms with E-state index in [9.17, 15) is 13.6 Å². The molecule has 0 aromatic heterocycles. The lowest BCUT2D eigenvalue weighted by Gasteiger charge is -2.15. The van der Waals surface area contributed by atoms with Crippen molar-refractivity contribution in [1.82, 2.24) is 5.32 Å². The molecule has 1 atom stereocenters. The van der Waals surface area contributed by atoms with Crippen LogP contribution in [-0.2, 0) is 4.79 Å². The number of benzene rings is 1. The van der Waals surface area contributed by atoms with E-state index in [1.165, 1.54) is 18.2 Å². The molecule has 0 spiro atoms. The Morgan fingerprint density at radius 2 is 2.24 bits per heavy atom. The minimum Gasteiger partial charge on any atom is -0.371 e. The van der Waals surface area contributed by atoms with E-state index in [1.54, 1.807) is 6.92 Å². The van der Waals surface area contributed by atoms with Gasteiger partial charge in [-0.05, 0) is 19.1 Å². The van der Waals surface area contributed by atoms with Crippen LogP contribution in [0.1, 0.15) is 6.92 Å². The zero-order chi connectivity index (χ0) is 12.8. The molecule has 0 bridgehead atoms. The highest BCUT2D eigenvalue weighted by atomic mass is 19.2. The van der Waals surface area contributed by atoms with Gasteiger partial charge in [0.1, 0.15) is 6.04 Å². The average Bonchev–Trinajstić information content (AvgIpc) is 2.31. The van der Waals surface area contributed by atoms with Crippen LogP contribution in [0.2, 0.25) is 0 Å². The molecule has 0 fully saturated rings. The standard InChI is InChI=1S/C12H14F2N2O/c1-3-7-15-12(17)8(2)16-10-6-4-5-9(13)11(10)14/h3-6,8,16H,1,7H2,2H3,(H,15,17). The fourth-order valence-electron chi connectivity index (χ4n) is 1.24. The Morgan fingerprint density at radius 3 is 2.88 bits per heavy atom. The Hall–Kier alpha value is -1.91. The molecule has 5 heteroatoms. The van der Waals surface area contributed by atoms with Crippen LogP contribution in [0.4, 0.5) is 14.5 Å². The van der Waals surface area contributed by atoms with Gasteiger partial charge in [0.2, 0.25) is 5.91 Å². The lowest BCUT2D eigenvalue weighted by Crippen LogP contribution is -2.37. The van der Waals surface area contributed by atoms with Crippen molar-refractivity contribution in [2.45, 2.75) is 13.0 Å². The molecule has 1 aromatic rings. The van der Waals surface area contributed by atoms with E-state index in [-0.39, 0.29) is 11.6 Å². The van der Waals surface area contributed by atoms with Crippen LogP contribution in [0, 0.1) is 11.6 Å².